The Morgan fingerprint density at radius 1 is 1.10 bits per heavy atom. The summed E-state index contributed by atoms with van der Waals surface area (Å²) in [6.45, 7) is 2.72. The molecule has 0 saturated carbocycles. The van der Waals surface area contributed by atoms with E-state index >= 15 is 0 Å². The SMILES string of the molecule is CCOc1ccc(/C(O)=C2\C(=O)C(=O)N(CCOC)C2c2ccc(O)c(OC)c2)cc1. The van der Waals surface area contributed by atoms with Crippen molar-refractivity contribution in [3.05, 3.63) is 59.2 Å². The topological polar surface area (TPSA) is 106 Å². The number of carbonyl (C=O) groups is 2. The first-order valence-corrected chi connectivity index (χ1v) is 9.80. The maximum Gasteiger partial charge on any atom is 0.295 e. The number of ketones is 1. The summed E-state index contributed by atoms with van der Waals surface area (Å²) in [6, 6.07) is 10.3. The normalized spacial score (nSPS) is 17.8. The van der Waals surface area contributed by atoms with Crippen LogP contribution in [0.4, 0.5) is 0 Å². The lowest BCUT2D eigenvalue weighted by atomic mass is 9.95. The molecule has 8 nitrogen and oxygen atoms in total. The van der Waals surface area contributed by atoms with E-state index in [9.17, 15) is 19.8 Å². The van der Waals surface area contributed by atoms with Crippen LogP contribution in [-0.4, -0.2) is 60.8 Å². The first kappa shape index (κ1) is 22.2. The predicted molar refractivity (Wildman–Crippen MR) is 113 cm³/mol. The molecule has 3 rings (SSSR count). The largest absolute Gasteiger partial charge is 0.507 e. The molecule has 164 valence electrons. The van der Waals surface area contributed by atoms with Gasteiger partial charge in [-0.3, -0.25) is 9.59 Å². The van der Waals surface area contributed by atoms with E-state index in [1.807, 2.05) is 6.92 Å². The average molecular weight is 427 g/mol. The fourth-order valence-electron chi connectivity index (χ4n) is 3.54. The molecule has 0 radical (unpaired) electrons. The van der Waals surface area contributed by atoms with Gasteiger partial charge >= 0.3 is 0 Å². The van der Waals surface area contributed by atoms with Crippen LogP contribution in [0.3, 0.4) is 0 Å². The number of hydrogen-bond acceptors (Lipinski definition) is 7. The Morgan fingerprint density at radius 2 is 1.81 bits per heavy atom. The number of aliphatic hydroxyl groups excluding tert-OH is 1. The van der Waals surface area contributed by atoms with Gasteiger partial charge in [-0.25, -0.2) is 0 Å². The van der Waals surface area contributed by atoms with E-state index in [0.717, 1.165) is 0 Å². The molecule has 0 spiro atoms. The van der Waals surface area contributed by atoms with Crippen LogP contribution in [0.25, 0.3) is 5.76 Å². The van der Waals surface area contributed by atoms with Crippen molar-refractivity contribution in [2.45, 2.75) is 13.0 Å². The monoisotopic (exact) mass is 427 g/mol. The number of ether oxygens (including phenoxy) is 3. The van der Waals surface area contributed by atoms with Gasteiger partial charge in [-0.05, 0) is 48.9 Å². The number of benzene rings is 2. The van der Waals surface area contributed by atoms with Crippen molar-refractivity contribution >= 4 is 17.4 Å². The van der Waals surface area contributed by atoms with E-state index in [4.69, 9.17) is 14.2 Å². The van der Waals surface area contributed by atoms with Crippen molar-refractivity contribution < 1.29 is 34.0 Å². The number of Topliss-reactive ketones (excluding diaryl/α,β-unsaturated/α-hetero) is 1. The molecule has 1 aliphatic heterocycles. The van der Waals surface area contributed by atoms with Crippen molar-refractivity contribution in [2.24, 2.45) is 0 Å². The molecule has 2 aromatic carbocycles. The number of phenolic OH excluding ortho intramolecular Hbond substituents is 1. The van der Waals surface area contributed by atoms with Crippen molar-refractivity contribution in [3.8, 4) is 17.2 Å². The maximum absolute atomic E-state index is 12.9. The summed E-state index contributed by atoms with van der Waals surface area (Å²) in [5.74, 6) is -1.08. The fraction of sp³-hybridized carbons (Fsp3) is 0.304. The zero-order valence-corrected chi connectivity index (χ0v) is 17.6. The molecule has 0 bridgehead atoms. The molecule has 1 amide bonds. The summed E-state index contributed by atoms with van der Waals surface area (Å²) in [6.07, 6.45) is 0. The van der Waals surface area contributed by atoms with Crippen molar-refractivity contribution in [3.63, 3.8) is 0 Å². The van der Waals surface area contributed by atoms with Crippen LogP contribution in [0.1, 0.15) is 24.1 Å². The Bertz CT molecular complexity index is 997. The standard InChI is InChI=1S/C23H25NO7/c1-4-31-16-8-5-14(6-9-16)21(26)19-20(15-7-10-17(25)18(13-15)30-3)24(11-12-29-2)23(28)22(19)27/h5-10,13,20,25-26H,4,11-12H2,1-3H3/b21-19+. The highest BCUT2D eigenvalue weighted by molar-refractivity contribution is 6.46. The third-order valence-electron chi connectivity index (χ3n) is 5.03. The summed E-state index contributed by atoms with van der Waals surface area (Å²) in [5.41, 5.74) is 0.847. The minimum Gasteiger partial charge on any atom is -0.507 e. The molecule has 1 fully saturated rings. The average Bonchev–Trinajstić information content (AvgIpc) is 3.03. The van der Waals surface area contributed by atoms with Gasteiger partial charge in [0.25, 0.3) is 11.7 Å². The number of aliphatic hydroxyl groups is 1. The Balaban J connectivity index is 2.13. The Labute approximate surface area is 180 Å². The number of hydrogen-bond donors (Lipinski definition) is 2. The quantitative estimate of drug-likeness (QED) is 0.379. The van der Waals surface area contributed by atoms with Gasteiger partial charge in [0.1, 0.15) is 11.5 Å². The Hall–Kier alpha value is -3.52. The van der Waals surface area contributed by atoms with Gasteiger partial charge in [-0.15, -0.1) is 0 Å². The molecular formula is C23H25NO7. The molecule has 1 aliphatic rings. The first-order valence-electron chi connectivity index (χ1n) is 9.80. The Morgan fingerprint density at radius 3 is 2.42 bits per heavy atom. The lowest BCUT2D eigenvalue weighted by Crippen LogP contribution is -2.32. The predicted octanol–water partition coefficient (Wildman–Crippen LogP) is 2.87. The van der Waals surface area contributed by atoms with Crippen LogP contribution in [0.2, 0.25) is 0 Å². The second kappa shape index (κ2) is 9.53. The van der Waals surface area contributed by atoms with Crippen LogP contribution in [-0.2, 0) is 14.3 Å². The first-order chi connectivity index (χ1) is 14.9. The van der Waals surface area contributed by atoms with Crippen LogP contribution >= 0.6 is 0 Å². The molecule has 1 atom stereocenters. The van der Waals surface area contributed by atoms with Crippen LogP contribution in [0.5, 0.6) is 17.2 Å². The minimum atomic E-state index is -0.865. The third-order valence-corrected chi connectivity index (χ3v) is 5.03. The van der Waals surface area contributed by atoms with Crippen molar-refractivity contribution in [2.75, 3.05) is 34.0 Å². The smallest absolute Gasteiger partial charge is 0.295 e. The number of phenols is 1. The number of nitrogens with zero attached hydrogens (tertiary/aromatic N) is 1. The molecule has 1 saturated heterocycles. The van der Waals surface area contributed by atoms with Crippen molar-refractivity contribution in [1.82, 2.24) is 4.90 Å². The molecule has 31 heavy (non-hydrogen) atoms. The fourth-order valence-corrected chi connectivity index (χ4v) is 3.54. The van der Waals surface area contributed by atoms with E-state index in [1.165, 1.54) is 31.3 Å². The highest BCUT2D eigenvalue weighted by Gasteiger charge is 2.46. The highest BCUT2D eigenvalue weighted by Crippen LogP contribution is 2.41. The minimum absolute atomic E-state index is 0.0435. The zero-order valence-electron chi connectivity index (χ0n) is 17.6. The zero-order chi connectivity index (χ0) is 22.5. The van der Waals surface area contributed by atoms with Gasteiger partial charge in [0, 0.05) is 19.2 Å². The summed E-state index contributed by atoms with van der Waals surface area (Å²) in [4.78, 5) is 27.0. The summed E-state index contributed by atoms with van der Waals surface area (Å²) in [5, 5.41) is 21.0. The van der Waals surface area contributed by atoms with E-state index < -0.39 is 17.7 Å². The number of carbonyl (C=O) groups excluding carboxylic acids is 2. The Kier molecular flexibility index (Phi) is 6.81. The van der Waals surface area contributed by atoms with Crippen LogP contribution < -0.4 is 9.47 Å². The van der Waals surface area contributed by atoms with Crippen LogP contribution in [0, 0.1) is 0 Å². The molecule has 0 aliphatic carbocycles. The third kappa shape index (κ3) is 4.34. The van der Waals surface area contributed by atoms with E-state index in [1.54, 1.807) is 30.3 Å². The lowest BCUT2D eigenvalue weighted by molar-refractivity contribution is -0.140. The van der Waals surface area contributed by atoms with Crippen molar-refractivity contribution in [1.29, 1.82) is 0 Å². The molecular weight excluding hydrogens is 402 g/mol. The van der Waals surface area contributed by atoms with Gasteiger partial charge in [0.15, 0.2) is 11.5 Å². The van der Waals surface area contributed by atoms with Gasteiger partial charge in [-0.2, -0.15) is 0 Å². The molecule has 0 aromatic heterocycles. The van der Waals surface area contributed by atoms with Gasteiger partial charge in [0.05, 0.1) is 31.9 Å². The van der Waals surface area contributed by atoms with E-state index in [2.05, 4.69) is 0 Å². The molecule has 1 unspecified atom stereocenters. The number of amides is 1. The van der Waals surface area contributed by atoms with Gasteiger partial charge in [-0.1, -0.05) is 6.07 Å². The molecule has 2 aromatic rings. The molecule has 1 heterocycles. The number of aromatic hydroxyl groups is 1. The van der Waals surface area contributed by atoms with E-state index in [-0.39, 0.29) is 36.0 Å². The second-order valence-electron chi connectivity index (χ2n) is 6.87. The number of likely N-dealkylation sites (tertiary alicyclic amines) is 1. The second-order valence-corrected chi connectivity index (χ2v) is 6.87. The summed E-state index contributed by atoms with van der Waals surface area (Å²) in [7, 11) is 2.90. The lowest BCUT2D eigenvalue weighted by Gasteiger charge is -2.25. The number of rotatable bonds is 8. The highest BCUT2D eigenvalue weighted by atomic mass is 16.5. The number of methoxy groups -OCH3 is 2. The van der Waals surface area contributed by atoms with Crippen LogP contribution in [0.15, 0.2) is 48.0 Å². The van der Waals surface area contributed by atoms with Gasteiger partial charge < -0.3 is 29.3 Å². The molecule has 2 N–H and O–H groups in total. The maximum atomic E-state index is 12.9. The van der Waals surface area contributed by atoms with E-state index in [0.29, 0.717) is 23.5 Å². The van der Waals surface area contributed by atoms with Gasteiger partial charge in [0.2, 0.25) is 0 Å². The summed E-state index contributed by atoms with van der Waals surface area (Å²) < 4.78 is 15.7. The molecule has 8 heteroatoms. The summed E-state index contributed by atoms with van der Waals surface area (Å²) >= 11 is 0.